The average Bonchev–Trinajstić information content (AvgIpc) is 2.81. The summed E-state index contributed by atoms with van der Waals surface area (Å²) in [4.78, 5) is 9.24. The summed E-state index contributed by atoms with van der Waals surface area (Å²) in [6, 6.07) is 1.69. The van der Waals surface area contributed by atoms with Gasteiger partial charge in [0.15, 0.2) is 0 Å². The topological polar surface area (TPSA) is 84.0 Å². The van der Waals surface area contributed by atoms with Crippen LogP contribution in [0.15, 0.2) is 22.7 Å². The van der Waals surface area contributed by atoms with Crippen molar-refractivity contribution >= 4 is 21.4 Å². The van der Waals surface area contributed by atoms with Crippen LogP contribution in [0, 0.1) is 13.8 Å². The molecule has 0 amide bonds. The molecule has 0 aliphatic heterocycles. The number of aryl methyl sites for hydroxylation is 2. The van der Waals surface area contributed by atoms with Crippen LogP contribution in [0.3, 0.4) is 0 Å². The highest BCUT2D eigenvalue weighted by Gasteiger charge is 2.18. The van der Waals surface area contributed by atoms with Crippen LogP contribution >= 0.6 is 11.3 Å². The van der Waals surface area contributed by atoms with E-state index in [2.05, 4.69) is 20.0 Å². The predicted molar refractivity (Wildman–Crippen MR) is 82.6 cm³/mol. The predicted octanol–water partition coefficient (Wildman–Crippen LogP) is 1.35. The van der Waals surface area contributed by atoms with Gasteiger partial charge in [-0.15, -0.1) is 11.3 Å². The van der Waals surface area contributed by atoms with E-state index in [9.17, 15) is 8.42 Å². The third-order valence-corrected chi connectivity index (χ3v) is 5.99. The number of sulfonamides is 1. The molecule has 0 fully saturated rings. The molecule has 2 aromatic heterocycles. The molecule has 0 aliphatic rings. The Balaban J connectivity index is 2.11. The van der Waals surface area contributed by atoms with Crippen LogP contribution in [-0.2, 0) is 23.1 Å². The van der Waals surface area contributed by atoms with Crippen LogP contribution in [0.25, 0.3) is 0 Å². The molecule has 0 atom stereocenters. The normalized spacial score (nSPS) is 11.8. The minimum Gasteiger partial charge on any atom is -0.315 e. The molecule has 2 heterocycles. The van der Waals surface area contributed by atoms with Gasteiger partial charge in [0.1, 0.15) is 4.21 Å². The maximum Gasteiger partial charge on any atom is 0.250 e. The molecule has 114 valence electrons. The molecule has 2 aromatic rings. The van der Waals surface area contributed by atoms with Crippen LogP contribution in [0.1, 0.15) is 21.8 Å². The Labute approximate surface area is 128 Å². The molecular formula is C13H18N4O2S2. The highest BCUT2D eigenvalue weighted by molar-refractivity contribution is 7.91. The van der Waals surface area contributed by atoms with Crippen LogP contribution in [-0.4, -0.2) is 25.4 Å². The van der Waals surface area contributed by atoms with Gasteiger partial charge in [-0.2, -0.15) is 0 Å². The number of thiophene rings is 1. The first-order valence-electron chi connectivity index (χ1n) is 6.43. The van der Waals surface area contributed by atoms with Crippen LogP contribution in [0.5, 0.6) is 0 Å². The van der Waals surface area contributed by atoms with Gasteiger partial charge in [0.2, 0.25) is 10.0 Å². The molecule has 2 rings (SSSR count). The largest absolute Gasteiger partial charge is 0.315 e. The standard InChI is InChI=1S/C13H18N4O2S2/c1-9-4-13(20-12(9)8-14-3)21(18,19)17-7-11-6-15-10(2)5-16-11/h4-6,14,17H,7-8H2,1-3H3. The quantitative estimate of drug-likeness (QED) is 0.837. The van der Waals surface area contributed by atoms with E-state index in [1.165, 1.54) is 11.3 Å². The van der Waals surface area contributed by atoms with Crippen LogP contribution in [0.2, 0.25) is 0 Å². The van der Waals surface area contributed by atoms with Gasteiger partial charge in [-0.25, -0.2) is 13.1 Å². The van der Waals surface area contributed by atoms with Crippen molar-refractivity contribution in [3.63, 3.8) is 0 Å². The van der Waals surface area contributed by atoms with Gasteiger partial charge in [0, 0.05) is 17.6 Å². The number of nitrogens with one attached hydrogen (secondary N) is 2. The van der Waals surface area contributed by atoms with Gasteiger partial charge >= 0.3 is 0 Å². The summed E-state index contributed by atoms with van der Waals surface area (Å²) < 4.78 is 27.4. The third-order valence-electron chi connectivity index (χ3n) is 2.88. The van der Waals surface area contributed by atoms with E-state index in [-0.39, 0.29) is 6.54 Å². The Morgan fingerprint density at radius 2 is 1.95 bits per heavy atom. The molecule has 0 bridgehead atoms. The summed E-state index contributed by atoms with van der Waals surface area (Å²) >= 11 is 1.28. The molecular weight excluding hydrogens is 308 g/mol. The smallest absolute Gasteiger partial charge is 0.250 e. The highest BCUT2D eigenvalue weighted by Crippen LogP contribution is 2.25. The average molecular weight is 326 g/mol. The first-order valence-corrected chi connectivity index (χ1v) is 8.73. The maximum atomic E-state index is 12.3. The Hall–Kier alpha value is -1.35. The summed E-state index contributed by atoms with van der Waals surface area (Å²) in [5.41, 5.74) is 2.37. The fraction of sp³-hybridized carbons (Fsp3) is 0.385. The van der Waals surface area contributed by atoms with Crippen molar-refractivity contribution in [2.75, 3.05) is 7.05 Å². The van der Waals surface area contributed by atoms with Crippen molar-refractivity contribution < 1.29 is 8.42 Å². The highest BCUT2D eigenvalue weighted by atomic mass is 32.2. The van der Waals surface area contributed by atoms with Crippen molar-refractivity contribution in [1.82, 2.24) is 20.0 Å². The van der Waals surface area contributed by atoms with E-state index in [1.807, 2.05) is 20.9 Å². The number of hydrogen-bond donors (Lipinski definition) is 2. The zero-order chi connectivity index (χ0) is 15.5. The fourth-order valence-electron chi connectivity index (χ4n) is 1.71. The fourth-order valence-corrected chi connectivity index (χ4v) is 4.35. The van der Waals surface area contributed by atoms with E-state index in [0.29, 0.717) is 16.4 Å². The van der Waals surface area contributed by atoms with E-state index < -0.39 is 10.0 Å². The summed E-state index contributed by atoms with van der Waals surface area (Å²) in [5.74, 6) is 0. The first-order chi connectivity index (χ1) is 9.92. The Bertz CT molecular complexity index is 708. The van der Waals surface area contributed by atoms with E-state index in [1.54, 1.807) is 18.5 Å². The summed E-state index contributed by atoms with van der Waals surface area (Å²) in [5, 5.41) is 3.03. The van der Waals surface area contributed by atoms with Crippen LogP contribution in [0.4, 0.5) is 0 Å². The van der Waals surface area contributed by atoms with Crippen molar-refractivity contribution in [3.8, 4) is 0 Å². The number of hydrogen-bond acceptors (Lipinski definition) is 6. The van der Waals surface area contributed by atoms with Gasteiger partial charge in [0.05, 0.1) is 24.1 Å². The molecule has 0 aromatic carbocycles. The number of aromatic nitrogens is 2. The maximum absolute atomic E-state index is 12.3. The van der Waals surface area contributed by atoms with Crippen molar-refractivity contribution in [2.45, 2.75) is 31.1 Å². The lowest BCUT2D eigenvalue weighted by Gasteiger charge is -2.04. The monoisotopic (exact) mass is 326 g/mol. The zero-order valence-corrected chi connectivity index (χ0v) is 13.8. The molecule has 0 aliphatic carbocycles. The summed E-state index contributed by atoms with van der Waals surface area (Å²) in [6.07, 6.45) is 3.19. The minimum absolute atomic E-state index is 0.133. The SMILES string of the molecule is CNCc1sc(S(=O)(=O)NCc2cnc(C)cn2)cc1C. The second-order valence-corrected chi connectivity index (χ2v) is 7.81. The first kappa shape index (κ1) is 16.0. The van der Waals surface area contributed by atoms with Crippen molar-refractivity contribution in [1.29, 1.82) is 0 Å². The van der Waals surface area contributed by atoms with Crippen molar-refractivity contribution in [3.05, 3.63) is 40.3 Å². The van der Waals surface area contributed by atoms with Gasteiger partial charge in [-0.1, -0.05) is 0 Å². The van der Waals surface area contributed by atoms with Crippen LogP contribution < -0.4 is 10.0 Å². The summed E-state index contributed by atoms with van der Waals surface area (Å²) in [6.45, 7) is 4.54. The van der Waals surface area contributed by atoms with Crippen molar-refractivity contribution in [2.24, 2.45) is 0 Å². The number of nitrogens with zero attached hydrogens (tertiary/aromatic N) is 2. The lowest BCUT2D eigenvalue weighted by atomic mass is 10.3. The van der Waals surface area contributed by atoms with E-state index in [0.717, 1.165) is 16.1 Å². The molecule has 6 nitrogen and oxygen atoms in total. The van der Waals surface area contributed by atoms with Gasteiger partial charge < -0.3 is 5.32 Å². The lowest BCUT2D eigenvalue weighted by Crippen LogP contribution is -2.23. The van der Waals surface area contributed by atoms with E-state index in [4.69, 9.17) is 0 Å². The van der Waals surface area contributed by atoms with E-state index >= 15 is 0 Å². The second-order valence-electron chi connectivity index (χ2n) is 4.68. The number of rotatable bonds is 6. The molecule has 0 spiro atoms. The molecule has 2 N–H and O–H groups in total. The lowest BCUT2D eigenvalue weighted by molar-refractivity contribution is 0.582. The molecule has 21 heavy (non-hydrogen) atoms. The Morgan fingerprint density at radius 1 is 1.19 bits per heavy atom. The van der Waals surface area contributed by atoms with Gasteiger partial charge in [0.25, 0.3) is 0 Å². The van der Waals surface area contributed by atoms with Gasteiger partial charge in [-0.05, 0) is 32.5 Å². The third kappa shape index (κ3) is 4.07. The second kappa shape index (κ2) is 6.61. The molecule has 0 radical (unpaired) electrons. The molecule has 0 saturated carbocycles. The zero-order valence-electron chi connectivity index (χ0n) is 12.2. The summed E-state index contributed by atoms with van der Waals surface area (Å²) in [7, 11) is -1.68. The minimum atomic E-state index is -3.52. The Kier molecular flexibility index (Phi) is 5.04. The Morgan fingerprint density at radius 3 is 2.57 bits per heavy atom. The molecule has 0 unspecified atom stereocenters. The molecule has 8 heteroatoms. The molecule has 0 saturated heterocycles. The van der Waals surface area contributed by atoms with Gasteiger partial charge in [-0.3, -0.25) is 9.97 Å².